The van der Waals surface area contributed by atoms with E-state index in [0.717, 1.165) is 28.4 Å². The van der Waals surface area contributed by atoms with E-state index in [1.807, 2.05) is 20.8 Å². The summed E-state index contributed by atoms with van der Waals surface area (Å²) in [5, 5.41) is 4.25. The Balaban J connectivity index is 1.78. The van der Waals surface area contributed by atoms with Gasteiger partial charge < -0.3 is 11.1 Å². The van der Waals surface area contributed by atoms with Crippen molar-refractivity contribution in [2.24, 2.45) is 5.73 Å². The number of hydrogen-bond acceptors (Lipinski definition) is 5. The lowest BCUT2D eigenvalue weighted by molar-refractivity contribution is 0.100. The number of amides is 1. The van der Waals surface area contributed by atoms with Crippen molar-refractivity contribution in [1.29, 1.82) is 0 Å². The van der Waals surface area contributed by atoms with Crippen LogP contribution in [-0.2, 0) is 17.5 Å². The van der Waals surface area contributed by atoms with Crippen LogP contribution in [0.1, 0.15) is 45.7 Å². The molecular formula is C17H22N4O2S2. The first-order valence-corrected chi connectivity index (χ1v) is 10.0. The third kappa shape index (κ3) is 4.26. The van der Waals surface area contributed by atoms with Gasteiger partial charge in [-0.25, -0.2) is 13.9 Å². The van der Waals surface area contributed by atoms with Crippen LogP contribution in [0.5, 0.6) is 0 Å². The molecule has 1 aromatic heterocycles. The zero-order chi connectivity index (χ0) is 18.2. The van der Waals surface area contributed by atoms with Crippen molar-refractivity contribution in [3.05, 3.63) is 39.3 Å². The molecule has 8 heteroatoms. The first-order chi connectivity index (χ1) is 11.8. The molecule has 1 amide bonds. The van der Waals surface area contributed by atoms with Crippen LogP contribution in [0.4, 0.5) is 5.69 Å². The van der Waals surface area contributed by atoms with Crippen LogP contribution < -0.4 is 15.8 Å². The van der Waals surface area contributed by atoms with E-state index in [2.05, 4.69) is 15.0 Å². The largest absolute Gasteiger partial charge is 0.379 e. The molecule has 1 heterocycles. The van der Waals surface area contributed by atoms with Gasteiger partial charge in [-0.05, 0) is 51.8 Å². The van der Waals surface area contributed by atoms with Crippen molar-refractivity contribution in [2.75, 3.05) is 5.32 Å². The van der Waals surface area contributed by atoms with Gasteiger partial charge in [-0.15, -0.1) is 11.3 Å². The second-order valence-electron chi connectivity index (χ2n) is 6.60. The second kappa shape index (κ2) is 6.86. The molecule has 0 aliphatic heterocycles. The van der Waals surface area contributed by atoms with Gasteiger partial charge in [-0.2, -0.15) is 0 Å². The average molecular weight is 379 g/mol. The first kappa shape index (κ1) is 18.0. The zero-order valence-electron chi connectivity index (χ0n) is 14.5. The molecule has 4 N–H and O–H groups in total. The van der Waals surface area contributed by atoms with Crippen molar-refractivity contribution in [3.63, 3.8) is 0 Å². The Morgan fingerprint density at radius 1 is 1.40 bits per heavy atom. The summed E-state index contributed by atoms with van der Waals surface area (Å²) in [6.07, 6.45) is 2.02. The van der Waals surface area contributed by atoms with Crippen LogP contribution in [0.2, 0.25) is 0 Å². The number of nitrogens with two attached hydrogens (primary N) is 1. The summed E-state index contributed by atoms with van der Waals surface area (Å²) in [5.41, 5.74) is 7.42. The SMILES string of the molecule is Cc1nc(C)c(CNc2ccc(S(=O)NC3(C)CC3)cc2C(N)=O)s1. The molecule has 1 unspecified atom stereocenters. The molecule has 0 spiro atoms. The second-order valence-corrected chi connectivity index (χ2v) is 9.10. The van der Waals surface area contributed by atoms with Crippen molar-refractivity contribution in [1.82, 2.24) is 9.71 Å². The Kier molecular flexibility index (Phi) is 4.95. The first-order valence-electron chi connectivity index (χ1n) is 8.08. The fourth-order valence-electron chi connectivity index (χ4n) is 2.48. The van der Waals surface area contributed by atoms with E-state index in [0.29, 0.717) is 22.7 Å². The summed E-state index contributed by atoms with van der Waals surface area (Å²) in [7, 11) is -1.36. The quantitative estimate of drug-likeness (QED) is 0.690. The van der Waals surface area contributed by atoms with E-state index in [9.17, 15) is 9.00 Å². The molecule has 3 rings (SSSR count). The van der Waals surface area contributed by atoms with Gasteiger partial charge in [-0.3, -0.25) is 4.79 Å². The Morgan fingerprint density at radius 3 is 2.68 bits per heavy atom. The lowest BCUT2D eigenvalue weighted by atomic mass is 10.1. The number of hydrogen-bond donors (Lipinski definition) is 3. The highest BCUT2D eigenvalue weighted by atomic mass is 32.2. The molecule has 25 heavy (non-hydrogen) atoms. The van der Waals surface area contributed by atoms with Crippen LogP contribution in [0.25, 0.3) is 0 Å². The molecule has 0 saturated heterocycles. The molecule has 1 aliphatic rings. The summed E-state index contributed by atoms with van der Waals surface area (Å²) >= 11 is 1.62. The molecule has 1 fully saturated rings. The zero-order valence-corrected chi connectivity index (χ0v) is 16.1. The van der Waals surface area contributed by atoms with E-state index in [1.165, 1.54) is 0 Å². The summed E-state index contributed by atoms with van der Waals surface area (Å²) < 4.78 is 15.5. The number of aryl methyl sites for hydroxylation is 2. The number of benzene rings is 1. The van der Waals surface area contributed by atoms with E-state index < -0.39 is 16.9 Å². The van der Waals surface area contributed by atoms with Gasteiger partial charge >= 0.3 is 0 Å². The molecule has 0 radical (unpaired) electrons. The van der Waals surface area contributed by atoms with Gasteiger partial charge in [0.1, 0.15) is 11.0 Å². The minimum atomic E-state index is -1.36. The Bertz CT molecular complexity index is 843. The van der Waals surface area contributed by atoms with E-state index in [-0.39, 0.29) is 5.54 Å². The number of primary amides is 1. The van der Waals surface area contributed by atoms with Gasteiger partial charge in [0.05, 0.1) is 27.7 Å². The molecule has 1 aromatic carbocycles. The van der Waals surface area contributed by atoms with Gasteiger partial charge in [0.2, 0.25) is 0 Å². The van der Waals surface area contributed by atoms with Crippen LogP contribution >= 0.6 is 11.3 Å². The monoisotopic (exact) mass is 378 g/mol. The van der Waals surface area contributed by atoms with Crippen molar-refractivity contribution in [3.8, 4) is 0 Å². The summed E-state index contributed by atoms with van der Waals surface area (Å²) in [5.74, 6) is -0.545. The number of anilines is 1. The Morgan fingerprint density at radius 2 is 2.12 bits per heavy atom. The van der Waals surface area contributed by atoms with Gasteiger partial charge in [-0.1, -0.05) is 0 Å². The van der Waals surface area contributed by atoms with Crippen LogP contribution in [0.15, 0.2) is 23.1 Å². The fraction of sp³-hybridized carbons (Fsp3) is 0.412. The minimum Gasteiger partial charge on any atom is -0.379 e. The Labute approximate surface area is 153 Å². The molecule has 134 valence electrons. The minimum absolute atomic E-state index is 0.0593. The van der Waals surface area contributed by atoms with Gasteiger partial charge in [0.15, 0.2) is 0 Å². The number of nitrogens with zero attached hydrogens (tertiary/aromatic N) is 1. The van der Waals surface area contributed by atoms with E-state index >= 15 is 0 Å². The Hall–Kier alpha value is -1.77. The number of rotatable bonds is 7. The van der Waals surface area contributed by atoms with Gasteiger partial charge in [0, 0.05) is 16.1 Å². The standard InChI is InChI=1S/C17H22N4O2S2/c1-10-15(24-11(2)20-10)9-19-14-5-4-12(8-13(14)16(18)22)25(23)21-17(3)6-7-17/h4-5,8,19,21H,6-7,9H2,1-3H3,(H2,18,22). The topological polar surface area (TPSA) is 97.1 Å². The summed E-state index contributed by atoms with van der Waals surface area (Å²) in [6, 6.07) is 5.12. The smallest absolute Gasteiger partial charge is 0.250 e. The fourth-order valence-corrected chi connectivity index (χ4v) is 4.54. The maximum Gasteiger partial charge on any atom is 0.250 e. The average Bonchev–Trinajstić information content (AvgIpc) is 3.18. The van der Waals surface area contributed by atoms with Gasteiger partial charge in [0.25, 0.3) is 5.91 Å². The highest BCUT2D eigenvalue weighted by molar-refractivity contribution is 7.83. The highest BCUT2D eigenvalue weighted by Gasteiger charge is 2.38. The van der Waals surface area contributed by atoms with E-state index in [1.54, 1.807) is 29.5 Å². The van der Waals surface area contributed by atoms with E-state index in [4.69, 9.17) is 5.73 Å². The van der Waals surface area contributed by atoms with Crippen LogP contribution in [0.3, 0.4) is 0 Å². The normalized spacial score (nSPS) is 16.4. The molecule has 2 aromatic rings. The number of nitrogens with one attached hydrogen (secondary N) is 2. The summed E-state index contributed by atoms with van der Waals surface area (Å²) in [4.78, 5) is 17.9. The summed E-state index contributed by atoms with van der Waals surface area (Å²) in [6.45, 7) is 6.53. The van der Waals surface area contributed by atoms with Crippen molar-refractivity contribution < 1.29 is 9.00 Å². The van der Waals surface area contributed by atoms with Crippen LogP contribution in [0, 0.1) is 13.8 Å². The molecule has 0 bridgehead atoms. The molecule has 6 nitrogen and oxygen atoms in total. The third-order valence-electron chi connectivity index (χ3n) is 4.25. The maximum atomic E-state index is 12.4. The molecule has 1 aliphatic carbocycles. The predicted molar refractivity (Wildman–Crippen MR) is 101 cm³/mol. The lowest BCUT2D eigenvalue weighted by Crippen LogP contribution is -2.30. The van der Waals surface area contributed by atoms with Crippen molar-refractivity contribution in [2.45, 2.75) is 50.6 Å². The molecule has 1 atom stereocenters. The molecular weight excluding hydrogens is 356 g/mol. The molecule has 1 saturated carbocycles. The number of aromatic nitrogens is 1. The highest BCUT2D eigenvalue weighted by Crippen LogP contribution is 2.35. The van der Waals surface area contributed by atoms with Crippen LogP contribution in [-0.4, -0.2) is 20.6 Å². The third-order valence-corrected chi connectivity index (χ3v) is 6.68. The lowest BCUT2D eigenvalue weighted by Gasteiger charge is -2.14. The number of thiazole rings is 1. The predicted octanol–water partition coefficient (Wildman–Crippen LogP) is 2.64. The number of carbonyl (C=O) groups excluding carboxylic acids is 1. The number of carbonyl (C=O) groups is 1. The van der Waals surface area contributed by atoms with Crippen molar-refractivity contribution >= 4 is 33.9 Å². The maximum absolute atomic E-state index is 12.4.